The van der Waals surface area contributed by atoms with E-state index in [4.69, 9.17) is 5.11 Å². The monoisotopic (exact) mass is 445 g/mol. The number of hydrogen-bond acceptors (Lipinski definition) is 7. The first-order chi connectivity index (χ1) is 14.5. The number of aliphatic hydroxyl groups is 1. The minimum absolute atomic E-state index is 0.0828. The van der Waals surface area contributed by atoms with E-state index in [0.29, 0.717) is 0 Å². The molecule has 0 aromatic rings. The molecule has 0 aromatic heterocycles. The molecule has 6 N–H and O–H groups in total. The van der Waals surface area contributed by atoms with Crippen LogP contribution in [0.5, 0.6) is 0 Å². The van der Waals surface area contributed by atoms with Crippen molar-refractivity contribution < 1.29 is 39.0 Å². The molecule has 1 atom stereocenters. The molecule has 0 bridgehead atoms. The van der Waals surface area contributed by atoms with Crippen molar-refractivity contribution in [3.05, 3.63) is 0 Å². The Kier molecular flexibility index (Phi) is 12.5. The van der Waals surface area contributed by atoms with Gasteiger partial charge in [-0.25, -0.2) is 4.79 Å². The van der Waals surface area contributed by atoms with E-state index < -0.39 is 41.7 Å². The fourth-order valence-electron chi connectivity index (χ4n) is 2.24. The topological polar surface area (TPSA) is 194 Å². The zero-order valence-corrected chi connectivity index (χ0v) is 17.9. The molecule has 13 heteroatoms. The Bertz CT molecular complexity index is 684. The number of carboxylic acid groups (broad SMARTS) is 1. The fourth-order valence-corrected chi connectivity index (χ4v) is 2.24. The molecule has 0 heterocycles. The average Bonchev–Trinajstić information content (AvgIpc) is 2.73. The average molecular weight is 445 g/mol. The number of amides is 5. The number of carboxylic acids is 1. The highest BCUT2D eigenvalue weighted by molar-refractivity contribution is 5.90. The summed E-state index contributed by atoms with van der Waals surface area (Å²) in [5, 5.41) is 27.6. The number of aliphatic carboxylic acids is 1. The maximum Gasteiger partial charge on any atom is 0.329 e. The molecular weight excluding hydrogens is 414 g/mol. The Balaban J connectivity index is 4.20. The van der Waals surface area contributed by atoms with Crippen molar-refractivity contribution in [2.45, 2.75) is 38.6 Å². The van der Waals surface area contributed by atoms with Gasteiger partial charge in [0.2, 0.25) is 29.5 Å². The van der Waals surface area contributed by atoms with Gasteiger partial charge in [-0.2, -0.15) is 0 Å². The predicted octanol–water partition coefficient (Wildman–Crippen LogP) is -3.06. The largest absolute Gasteiger partial charge is 0.480 e. The van der Waals surface area contributed by atoms with Crippen LogP contribution in [-0.2, 0) is 28.8 Å². The van der Waals surface area contributed by atoms with E-state index in [1.54, 1.807) is 6.92 Å². The number of hydrogen-bond donors (Lipinski definition) is 6. The molecule has 31 heavy (non-hydrogen) atoms. The molecule has 0 aromatic carbocycles. The second kappa shape index (κ2) is 13.9. The molecule has 1 unspecified atom stereocenters. The van der Waals surface area contributed by atoms with E-state index in [9.17, 15) is 33.9 Å². The Morgan fingerprint density at radius 1 is 0.839 bits per heavy atom. The van der Waals surface area contributed by atoms with Crippen LogP contribution in [0.25, 0.3) is 0 Å². The van der Waals surface area contributed by atoms with Gasteiger partial charge in [0.05, 0.1) is 19.6 Å². The van der Waals surface area contributed by atoms with Gasteiger partial charge in [-0.1, -0.05) is 6.92 Å². The summed E-state index contributed by atoms with van der Waals surface area (Å²) in [4.78, 5) is 70.4. The summed E-state index contributed by atoms with van der Waals surface area (Å²) < 4.78 is 0. The SMILES string of the molecule is CCC(=O)NCC(=O)NCC(=O)NCC(=O)NCCC(=O)N(C)C(C)(CCO)C(=O)O. The molecule has 0 saturated carbocycles. The quantitative estimate of drug-likeness (QED) is 0.162. The second-order valence-corrected chi connectivity index (χ2v) is 6.79. The lowest BCUT2D eigenvalue weighted by Crippen LogP contribution is -2.54. The first-order valence-corrected chi connectivity index (χ1v) is 9.65. The molecule has 0 radical (unpaired) electrons. The van der Waals surface area contributed by atoms with Crippen LogP contribution in [0.2, 0.25) is 0 Å². The van der Waals surface area contributed by atoms with Gasteiger partial charge in [0.1, 0.15) is 5.54 Å². The van der Waals surface area contributed by atoms with Crippen molar-refractivity contribution in [1.82, 2.24) is 26.2 Å². The van der Waals surface area contributed by atoms with Crippen LogP contribution in [0.3, 0.4) is 0 Å². The number of carbonyl (C=O) groups is 6. The van der Waals surface area contributed by atoms with Gasteiger partial charge >= 0.3 is 5.97 Å². The number of nitrogens with zero attached hydrogens (tertiary/aromatic N) is 1. The molecule has 0 saturated heterocycles. The number of nitrogens with one attached hydrogen (secondary N) is 4. The van der Waals surface area contributed by atoms with E-state index in [0.717, 1.165) is 4.90 Å². The summed E-state index contributed by atoms with van der Waals surface area (Å²) in [7, 11) is 1.30. The van der Waals surface area contributed by atoms with Crippen molar-refractivity contribution in [3.8, 4) is 0 Å². The Morgan fingerprint density at radius 3 is 1.71 bits per heavy atom. The van der Waals surface area contributed by atoms with E-state index in [2.05, 4.69) is 21.3 Å². The first kappa shape index (κ1) is 27.8. The Morgan fingerprint density at radius 2 is 1.29 bits per heavy atom. The lowest BCUT2D eigenvalue weighted by atomic mass is 9.96. The molecule has 13 nitrogen and oxygen atoms in total. The van der Waals surface area contributed by atoms with Crippen LogP contribution in [0.4, 0.5) is 0 Å². The predicted molar refractivity (Wildman–Crippen MR) is 107 cm³/mol. The van der Waals surface area contributed by atoms with Gasteiger partial charge in [0, 0.05) is 39.5 Å². The third kappa shape index (κ3) is 10.4. The van der Waals surface area contributed by atoms with Crippen molar-refractivity contribution in [3.63, 3.8) is 0 Å². The standard InChI is InChI=1S/C18H31N5O8/c1-4-12(25)20-10-14(27)22-11-15(28)21-9-13(26)19-7-5-16(29)23(3)18(2,6-8-24)17(30)31/h24H,4-11H2,1-3H3,(H,19,26)(H,20,25)(H,21,28)(H,22,27)(H,30,31). The fraction of sp³-hybridized carbons (Fsp3) is 0.667. The van der Waals surface area contributed by atoms with Gasteiger partial charge in [-0.05, 0) is 6.92 Å². The molecule has 5 amide bonds. The smallest absolute Gasteiger partial charge is 0.329 e. The first-order valence-electron chi connectivity index (χ1n) is 9.65. The highest BCUT2D eigenvalue weighted by Crippen LogP contribution is 2.19. The highest BCUT2D eigenvalue weighted by atomic mass is 16.4. The van der Waals surface area contributed by atoms with Gasteiger partial charge in [-0.3, -0.25) is 24.0 Å². The molecule has 0 spiro atoms. The molecule has 0 rings (SSSR count). The van der Waals surface area contributed by atoms with E-state index in [1.165, 1.54) is 14.0 Å². The number of rotatable bonds is 14. The van der Waals surface area contributed by atoms with Gasteiger partial charge < -0.3 is 36.4 Å². The molecule has 0 aliphatic rings. The maximum atomic E-state index is 12.2. The minimum Gasteiger partial charge on any atom is -0.480 e. The number of likely N-dealkylation sites (N-methyl/N-ethyl adjacent to an activating group) is 1. The van der Waals surface area contributed by atoms with E-state index in [-0.39, 0.29) is 51.3 Å². The van der Waals surface area contributed by atoms with Gasteiger partial charge in [-0.15, -0.1) is 0 Å². The maximum absolute atomic E-state index is 12.2. The molecule has 0 aliphatic heterocycles. The molecule has 176 valence electrons. The van der Waals surface area contributed by atoms with Crippen LogP contribution in [0.15, 0.2) is 0 Å². The molecule has 0 aliphatic carbocycles. The summed E-state index contributed by atoms with van der Waals surface area (Å²) >= 11 is 0. The second-order valence-electron chi connectivity index (χ2n) is 6.79. The summed E-state index contributed by atoms with van der Waals surface area (Å²) in [6.07, 6.45) is -0.0964. The van der Waals surface area contributed by atoms with Crippen molar-refractivity contribution in [2.24, 2.45) is 0 Å². The number of aliphatic hydroxyl groups excluding tert-OH is 1. The Labute approximate surface area is 179 Å². The van der Waals surface area contributed by atoms with Crippen LogP contribution in [-0.4, -0.2) is 96.0 Å². The third-order valence-corrected chi connectivity index (χ3v) is 4.49. The summed E-state index contributed by atoms with van der Waals surface area (Å²) in [5.74, 6) is -3.87. The van der Waals surface area contributed by atoms with Crippen LogP contribution < -0.4 is 21.3 Å². The van der Waals surface area contributed by atoms with E-state index in [1.807, 2.05) is 0 Å². The van der Waals surface area contributed by atoms with Crippen LogP contribution in [0, 0.1) is 0 Å². The summed E-state index contributed by atoms with van der Waals surface area (Å²) in [6, 6.07) is 0. The highest BCUT2D eigenvalue weighted by Gasteiger charge is 2.39. The summed E-state index contributed by atoms with van der Waals surface area (Å²) in [6.45, 7) is 1.42. The zero-order chi connectivity index (χ0) is 24.0. The third-order valence-electron chi connectivity index (χ3n) is 4.49. The lowest BCUT2D eigenvalue weighted by Gasteiger charge is -2.34. The van der Waals surface area contributed by atoms with Crippen molar-refractivity contribution in [2.75, 3.05) is 39.8 Å². The van der Waals surface area contributed by atoms with Crippen molar-refractivity contribution in [1.29, 1.82) is 0 Å². The van der Waals surface area contributed by atoms with Gasteiger partial charge in [0.15, 0.2) is 0 Å². The Hall–Kier alpha value is -3.22. The normalized spacial score (nSPS) is 12.1. The zero-order valence-electron chi connectivity index (χ0n) is 17.9. The summed E-state index contributed by atoms with van der Waals surface area (Å²) in [5.41, 5.74) is -1.58. The minimum atomic E-state index is -1.58. The van der Waals surface area contributed by atoms with Gasteiger partial charge in [0.25, 0.3) is 0 Å². The van der Waals surface area contributed by atoms with Crippen molar-refractivity contribution >= 4 is 35.5 Å². The number of carbonyl (C=O) groups excluding carboxylic acids is 5. The van der Waals surface area contributed by atoms with Crippen LogP contribution in [0.1, 0.15) is 33.1 Å². The molecular formula is C18H31N5O8. The lowest BCUT2D eigenvalue weighted by molar-refractivity contribution is -0.157. The molecule has 0 fully saturated rings. The van der Waals surface area contributed by atoms with E-state index >= 15 is 0 Å². The van der Waals surface area contributed by atoms with Crippen LogP contribution >= 0.6 is 0 Å².